The fourth-order valence-corrected chi connectivity index (χ4v) is 7.54. The molecule has 16 heavy (non-hydrogen) atoms. The summed E-state index contributed by atoms with van der Waals surface area (Å²) in [5, 5.41) is 0. The molecule has 0 aromatic rings. The monoisotopic (exact) mass is 242 g/mol. The summed E-state index contributed by atoms with van der Waals surface area (Å²) in [6, 6.07) is 3.96. The van der Waals surface area contributed by atoms with Crippen LogP contribution in [0.1, 0.15) is 60.8 Å². The summed E-state index contributed by atoms with van der Waals surface area (Å²) >= 11 is 0. The van der Waals surface area contributed by atoms with Gasteiger partial charge in [0.05, 0.1) is 5.60 Å². The molecule has 0 spiro atoms. The van der Waals surface area contributed by atoms with Crippen LogP contribution in [0.3, 0.4) is 0 Å². The summed E-state index contributed by atoms with van der Waals surface area (Å²) in [4.78, 5) is 0. The summed E-state index contributed by atoms with van der Waals surface area (Å²) < 4.78 is 6.81. The van der Waals surface area contributed by atoms with Crippen molar-refractivity contribution < 1.29 is 4.43 Å². The molecule has 0 aliphatic carbocycles. The molecule has 1 fully saturated rings. The van der Waals surface area contributed by atoms with Crippen LogP contribution in [0.4, 0.5) is 0 Å². The SMILES string of the molecule is CCC1(CC)O[Si](CC)(CC)CCC1(C)C. The maximum absolute atomic E-state index is 6.81. The third kappa shape index (κ3) is 2.11. The van der Waals surface area contributed by atoms with Gasteiger partial charge in [0.25, 0.3) is 0 Å². The second-order valence-electron chi connectivity index (χ2n) is 6.08. The highest BCUT2D eigenvalue weighted by molar-refractivity contribution is 6.73. The molecule has 1 nitrogen and oxygen atoms in total. The van der Waals surface area contributed by atoms with Gasteiger partial charge in [-0.25, -0.2) is 0 Å². The van der Waals surface area contributed by atoms with Crippen LogP contribution in [0.25, 0.3) is 0 Å². The zero-order valence-corrected chi connectivity index (χ0v) is 13.2. The molecule has 1 saturated heterocycles. The van der Waals surface area contributed by atoms with E-state index < -0.39 is 8.32 Å². The lowest BCUT2D eigenvalue weighted by Gasteiger charge is -2.56. The Morgan fingerprint density at radius 2 is 1.50 bits per heavy atom. The van der Waals surface area contributed by atoms with E-state index in [1.807, 2.05) is 0 Å². The van der Waals surface area contributed by atoms with E-state index in [-0.39, 0.29) is 5.60 Å². The van der Waals surface area contributed by atoms with Crippen LogP contribution in [0.2, 0.25) is 18.1 Å². The van der Waals surface area contributed by atoms with Crippen LogP contribution in [0.5, 0.6) is 0 Å². The molecule has 0 saturated carbocycles. The molecule has 0 atom stereocenters. The molecule has 1 rings (SSSR count). The average Bonchev–Trinajstić information content (AvgIpc) is 2.30. The van der Waals surface area contributed by atoms with Gasteiger partial charge in [-0.15, -0.1) is 0 Å². The first-order valence-corrected chi connectivity index (χ1v) is 9.64. The zero-order valence-electron chi connectivity index (χ0n) is 12.2. The Hall–Kier alpha value is 0.177. The Morgan fingerprint density at radius 3 is 1.88 bits per heavy atom. The maximum atomic E-state index is 6.81. The standard InChI is InChI=1S/C14H30OSi/c1-7-14(8-2)13(5,6)11-12-16(9-3,10-4)15-14/h7-12H2,1-6H3. The van der Waals surface area contributed by atoms with Gasteiger partial charge in [-0.1, -0.05) is 41.5 Å². The van der Waals surface area contributed by atoms with Gasteiger partial charge in [0.1, 0.15) is 0 Å². The fourth-order valence-electron chi connectivity index (χ4n) is 3.47. The molecule has 0 aromatic carbocycles. The van der Waals surface area contributed by atoms with Gasteiger partial charge < -0.3 is 4.43 Å². The van der Waals surface area contributed by atoms with Gasteiger partial charge in [-0.2, -0.15) is 0 Å². The van der Waals surface area contributed by atoms with Crippen molar-refractivity contribution in [2.75, 3.05) is 0 Å². The predicted octanol–water partition coefficient (Wildman–Crippen LogP) is 4.98. The number of rotatable bonds is 4. The average molecular weight is 242 g/mol. The molecular weight excluding hydrogens is 212 g/mol. The maximum Gasteiger partial charge on any atom is 0.193 e. The third-order valence-electron chi connectivity index (χ3n) is 5.28. The van der Waals surface area contributed by atoms with Crippen molar-refractivity contribution in [1.29, 1.82) is 0 Å². The van der Waals surface area contributed by atoms with E-state index in [4.69, 9.17) is 4.43 Å². The van der Waals surface area contributed by atoms with E-state index in [0.29, 0.717) is 5.41 Å². The van der Waals surface area contributed by atoms with Gasteiger partial charge in [0.2, 0.25) is 0 Å². The summed E-state index contributed by atoms with van der Waals surface area (Å²) in [7, 11) is -1.40. The molecule has 0 amide bonds. The molecule has 2 heteroatoms. The van der Waals surface area contributed by atoms with Crippen molar-refractivity contribution in [3.05, 3.63) is 0 Å². The summed E-state index contributed by atoms with van der Waals surface area (Å²) in [5.41, 5.74) is 0.515. The van der Waals surface area contributed by atoms with Gasteiger partial charge in [-0.3, -0.25) is 0 Å². The van der Waals surface area contributed by atoms with Crippen LogP contribution < -0.4 is 0 Å². The quantitative estimate of drug-likeness (QED) is 0.632. The van der Waals surface area contributed by atoms with Crippen molar-refractivity contribution in [3.8, 4) is 0 Å². The lowest BCUT2D eigenvalue weighted by molar-refractivity contribution is -0.0777. The lowest BCUT2D eigenvalue weighted by Crippen LogP contribution is -2.59. The van der Waals surface area contributed by atoms with E-state index in [1.54, 1.807) is 0 Å². The molecule has 0 unspecified atom stereocenters. The van der Waals surface area contributed by atoms with Crippen LogP contribution in [0.15, 0.2) is 0 Å². The Balaban J connectivity index is 3.01. The Bertz CT molecular complexity index is 227. The molecule has 96 valence electrons. The summed E-state index contributed by atoms with van der Waals surface area (Å²) in [6.07, 6.45) is 3.71. The molecule has 1 aliphatic heterocycles. The van der Waals surface area contributed by atoms with Crippen LogP contribution in [0, 0.1) is 5.41 Å². The molecule has 0 N–H and O–H groups in total. The highest BCUT2D eigenvalue weighted by atomic mass is 28.4. The normalized spacial score (nSPS) is 26.6. The topological polar surface area (TPSA) is 9.23 Å². The van der Waals surface area contributed by atoms with Gasteiger partial charge in [0.15, 0.2) is 8.32 Å². The van der Waals surface area contributed by atoms with Gasteiger partial charge in [0, 0.05) is 0 Å². The van der Waals surface area contributed by atoms with Gasteiger partial charge >= 0.3 is 0 Å². The van der Waals surface area contributed by atoms with Crippen molar-refractivity contribution in [2.24, 2.45) is 5.41 Å². The molecule has 1 heterocycles. The second kappa shape index (κ2) is 4.81. The van der Waals surface area contributed by atoms with Crippen molar-refractivity contribution in [1.82, 2.24) is 0 Å². The Kier molecular flexibility index (Phi) is 4.28. The van der Waals surface area contributed by atoms with E-state index >= 15 is 0 Å². The minimum Gasteiger partial charge on any atom is -0.411 e. The minimum atomic E-state index is -1.40. The highest BCUT2D eigenvalue weighted by Gasteiger charge is 2.53. The van der Waals surface area contributed by atoms with E-state index in [0.717, 1.165) is 0 Å². The fraction of sp³-hybridized carbons (Fsp3) is 1.00. The Labute approximate surface area is 103 Å². The highest BCUT2D eigenvalue weighted by Crippen LogP contribution is 2.51. The molecule has 0 bridgehead atoms. The summed E-state index contributed by atoms with van der Waals surface area (Å²) in [6.45, 7) is 14.1. The van der Waals surface area contributed by atoms with Crippen molar-refractivity contribution in [3.63, 3.8) is 0 Å². The number of hydrogen-bond acceptors (Lipinski definition) is 1. The van der Waals surface area contributed by atoms with Crippen LogP contribution in [-0.4, -0.2) is 13.9 Å². The van der Waals surface area contributed by atoms with Gasteiger partial charge in [-0.05, 0) is 42.8 Å². The van der Waals surface area contributed by atoms with Crippen LogP contribution >= 0.6 is 0 Å². The first kappa shape index (κ1) is 14.2. The molecule has 0 radical (unpaired) electrons. The molecular formula is C14H30OSi. The summed E-state index contributed by atoms with van der Waals surface area (Å²) in [5.74, 6) is 0. The van der Waals surface area contributed by atoms with E-state index in [1.165, 1.54) is 37.4 Å². The largest absolute Gasteiger partial charge is 0.411 e. The van der Waals surface area contributed by atoms with Crippen molar-refractivity contribution >= 4 is 8.32 Å². The van der Waals surface area contributed by atoms with E-state index in [9.17, 15) is 0 Å². The zero-order chi connectivity index (χ0) is 12.4. The van der Waals surface area contributed by atoms with Crippen LogP contribution in [-0.2, 0) is 4.43 Å². The molecule has 0 aromatic heterocycles. The number of hydrogen-bond donors (Lipinski definition) is 0. The third-order valence-corrected chi connectivity index (χ3v) is 9.84. The first-order chi connectivity index (χ1) is 7.41. The van der Waals surface area contributed by atoms with Crippen molar-refractivity contribution in [2.45, 2.75) is 84.5 Å². The predicted molar refractivity (Wildman–Crippen MR) is 74.3 cm³/mol. The first-order valence-electron chi connectivity index (χ1n) is 7.11. The second-order valence-corrected chi connectivity index (χ2v) is 10.6. The minimum absolute atomic E-state index is 0.156. The van der Waals surface area contributed by atoms with E-state index in [2.05, 4.69) is 41.5 Å². The lowest BCUT2D eigenvalue weighted by atomic mass is 9.70. The molecule has 1 aliphatic rings. The Morgan fingerprint density at radius 1 is 1.00 bits per heavy atom. The smallest absolute Gasteiger partial charge is 0.193 e.